The van der Waals surface area contributed by atoms with E-state index in [1.165, 1.54) is 21.9 Å². The van der Waals surface area contributed by atoms with Crippen molar-refractivity contribution in [2.75, 3.05) is 4.90 Å². The zero-order chi connectivity index (χ0) is 39.1. The highest BCUT2D eigenvalue weighted by atomic mass is 15.1. The number of rotatable bonds is 7. The molecule has 0 fully saturated rings. The lowest BCUT2D eigenvalue weighted by Crippen LogP contribution is -2.09. The molecule has 3 nitrogen and oxygen atoms in total. The van der Waals surface area contributed by atoms with Crippen LogP contribution in [0, 0.1) is 0 Å². The Labute approximate surface area is 343 Å². The predicted octanol–water partition coefficient (Wildman–Crippen LogP) is 15.2. The third-order valence-corrected chi connectivity index (χ3v) is 11.4. The van der Waals surface area contributed by atoms with Crippen LogP contribution in [0.1, 0.15) is 0 Å². The summed E-state index contributed by atoms with van der Waals surface area (Å²) < 4.78 is 0. The zero-order valence-electron chi connectivity index (χ0n) is 32.2. The van der Waals surface area contributed by atoms with Crippen LogP contribution in [0.25, 0.3) is 88.1 Å². The first kappa shape index (κ1) is 34.4. The largest absolute Gasteiger partial charge is 0.310 e. The second-order valence-electron chi connectivity index (χ2n) is 15.0. The van der Waals surface area contributed by atoms with Gasteiger partial charge in [-0.3, -0.25) is 0 Å². The molecule has 0 bridgehead atoms. The number of fused-ring (bicyclic) bond motifs is 6. The summed E-state index contributed by atoms with van der Waals surface area (Å²) in [5.74, 6) is 0. The number of nitrogens with zero attached hydrogens (tertiary/aromatic N) is 3. The lowest BCUT2D eigenvalue weighted by molar-refractivity contribution is 1.29. The minimum absolute atomic E-state index is 0.883. The number of anilines is 3. The van der Waals surface area contributed by atoms with Crippen LogP contribution in [0.5, 0.6) is 0 Å². The van der Waals surface area contributed by atoms with Crippen molar-refractivity contribution >= 4 is 60.4 Å². The van der Waals surface area contributed by atoms with E-state index in [0.717, 1.165) is 83.3 Å². The molecule has 59 heavy (non-hydrogen) atoms. The monoisotopic (exact) mass is 751 g/mol. The van der Waals surface area contributed by atoms with Crippen molar-refractivity contribution in [2.45, 2.75) is 0 Å². The maximum absolute atomic E-state index is 5.43. The maximum atomic E-state index is 5.43. The molecule has 10 aromatic carbocycles. The Morgan fingerprint density at radius 3 is 1.42 bits per heavy atom. The Morgan fingerprint density at radius 2 is 0.763 bits per heavy atom. The quantitative estimate of drug-likeness (QED) is 0.152. The van der Waals surface area contributed by atoms with Gasteiger partial charge in [0, 0.05) is 33.6 Å². The summed E-state index contributed by atoms with van der Waals surface area (Å²) in [6.45, 7) is 0. The van der Waals surface area contributed by atoms with Crippen molar-refractivity contribution in [1.29, 1.82) is 0 Å². The van der Waals surface area contributed by atoms with Crippen LogP contribution in [0.4, 0.5) is 17.1 Å². The van der Waals surface area contributed by atoms with Gasteiger partial charge in [0.05, 0.1) is 22.4 Å². The summed E-state index contributed by atoms with van der Waals surface area (Å²) in [4.78, 5) is 13.0. The summed E-state index contributed by atoms with van der Waals surface area (Å²) in [5, 5.41) is 7.03. The second-order valence-corrected chi connectivity index (χ2v) is 15.0. The van der Waals surface area contributed by atoms with Gasteiger partial charge in [0.1, 0.15) is 0 Å². The van der Waals surface area contributed by atoms with E-state index in [2.05, 4.69) is 217 Å². The molecule has 0 unspecified atom stereocenters. The van der Waals surface area contributed by atoms with Crippen molar-refractivity contribution in [3.05, 3.63) is 224 Å². The number of benzene rings is 10. The summed E-state index contributed by atoms with van der Waals surface area (Å²) >= 11 is 0. The molecular weight excluding hydrogens is 715 g/mol. The Balaban J connectivity index is 0.993. The van der Waals surface area contributed by atoms with Crippen LogP contribution in [0.3, 0.4) is 0 Å². The zero-order valence-corrected chi connectivity index (χ0v) is 32.2. The topological polar surface area (TPSA) is 29.0 Å². The molecule has 0 radical (unpaired) electrons. The number of aromatic nitrogens is 2. The summed E-state index contributed by atoms with van der Waals surface area (Å²) in [6, 6.07) is 79.9. The van der Waals surface area contributed by atoms with Gasteiger partial charge in [-0.2, -0.15) is 0 Å². The molecule has 0 aliphatic rings. The Morgan fingerprint density at radius 1 is 0.288 bits per heavy atom. The third kappa shape index (κ3) is 6.36. The minimum Gasteiger partial charge on any atom is -0.310 e. The second kappa shape index (κ2) is 14.6. The molecule has 276 valence electrons. The predicted molar refractivity (Wildman–Crippen MR) is 248 cm³/mol. The molecule has 0 spiro atoms. The van der Waals surface area contributed by atoms with E-state index in [9.17, 15) is 0 Å². The molecule has 1 heterocycles. The molecule has 1 aromatic heterocycles. The average Bonchev–Trinajstić information content (AvgIpc) is 3.32. The van der Waals surface area contributed by atoms with E-state index >= 15 is 0 Å². The molecule has 0 aliphatic carbocycles. The standard InChI is InChI=1S/C56H37N3/c1-4-12-38(13-5-1)40-22-29-48(30-23-40)59(50-33-26-39-14-10-11-19-45(39)37-50)49-31-24-41(25-32-49)46-27-34-51-47(36-46)21-20-42-28-35-52-56(53(42)51)58-55(44-17-8-3-9-18-44)54(57-52)43-15-6-2-7-16-43/h1-37H. The van der Waals surface area contributed by atoms with Crippen molar-refractivity contribution in [2.24, 2.45) is 0 Å². The summed E-state index contributed by atoms with van der Waals surface area (Å²) in [6.07, 6.45) is 0. The molecule has 0 saturated heterocycles. The highest BCUT2D eigenvalue weighted by Crippen LogP contribution is 2.40. The first-order chi connectivity index (χ1) is 29.2. The van der Waals surface area contributed by atoms with Gasteiger partial charge in [-0.05, 0) is 97.7 Å². The highest BCUT2D eigenvalue weighted by Gasteiger charge is 2.17. The van der Waals surface area contributed by atoms with Gasteiger partial charge in [-0.15, -0.1) is 0 Å². The highest BCUT2D eigenvalue weighted by molar-refractivity contribution is 6.19. The minimum atomic E-state index is 0.883. The van der Waals surface area contributed by atoms with Crippen LogP contribution in [0.15, 0.2) is 224 Å². The third-order valence-electron chi connectivity index (χ3n) is 11.4. The smallest absolute Gasteiger partial charge is 0.0979 e. The van der Waals surface area contributed by atoms with Gasteiger partial charge in [0.25, 0.3) is 0 Å². The van der Waals surface area contributed by atoms with Crippen molar-refractivity contribution in [3.63, 3.8) is 0 Å². The molecule has 11 aromatic rings. The van der Waals surface area contributed by atoms with E-state index in [0.29, 0.717) is 0 Å². The molecule has 0 amide bonds. The molecule has 0 atom stereocenters. The van der Waals surface area contributed by atoms with Gasteiger partial charge in [-0.1, -0.05) is 176 Å². The lowest BCUT2D eigenvalue weighted by Gasteiger charge is -2.26. The van der Waals surface area contributed by atoms with Crippen LogP contribution in [-0.2, 0) is 0 Å². The van der Waals surface area contributed by atoms with Gasteiger partial charge in [-0.25, -0.2) is 9.97 Å². The van der Waals surface area contributed by atoms with Gasteiger partial charge >= 0.3 is 0 Å². The normalized spacial score (nSPS) is 11.4. The molecular formula is C56H37N3. The molecule has 0 saturated carbocycles. The number of hydrogen-bond acceptors (Lipinski definition) is 3. The van der Waals surface area contributed by atoms with E-state index in [4.69, 9.17) is 9.97 Å². The molecule has 3 heteroatoms. The fourth-order valence-corrected chi connectivity index (χ4v) is 8.44. The first-order valence-corrected chi connectivity index (χ1v) is 20.1. The molecule has 0 N–H and O–H groups in total. The van der Waals surface area contributed by atoms with Crippen LogP contribution in [0.2, 0.25) is 0 Å². The lowest BCUT2D eigenvalue weighted by atomic mass is 9.96. The Kier molecular flexibility index (Phi) is 8.49. The van der Waals surface area contributed by atoms with Crippen molar-refractivity contribution in [1.82, 2.24) is 9.97 Å². The summed E-state index contributed by atoms with van der Waals surface area (Å²) in [7, 11) is 0. The van der Waals surface area contributed by atoms with Crippen molar-refractivity contribution in [3.8, 4) is 44.8 Å². The van der Waals surface area contributed by atoms with Gasteiger partial charge < -0.3 is 4.90 Å². The van der Waals surface area contributed by atoms with E-state index in [1.54, 1.807) is 0 Å². The Bertz CT molecular complexity index is 3290. The molecule has 11 rings (SSSR count). The summed E-state index contributed by atoms with van der Waals surface area (Å²) in [5.41, 5.74) is 13.7. The van der Waals surface area contributed by atoms with E-state index < -0.39 is 0 Å². The van der Waals surface area contributed by atoms with Gasteiger partial charge in [0.15, 0.2) is 0 Å². The van der Waals surface area contributed by atoms with Crippen LogP contribution < -0.4 is 4.90 Å². The first-order valence-electron chi connectivity index (χ1n) is 20.1. The molecule has 0 aliphatic heterocycles. The maximum Gasteiger partial charge on any atom is 0.0979 e. The Hall–Kier alpha value is -7.88. The van der Waals surface area contributed by atoms with Crippen LogP contribution >= 0.6 is 0 Å². The van der Waals surface area contributed by atoms with Crippen molar-refractivity contribution < 1.29 is 0 Å². The fourth-order valence-electron chi connectivity index (χ4n) is 8.44. The average molecular weight is 752 g/mol. The SMILES string of the molecule is c1ccc(-c2ccc(N(c3ccc(-c4ccc5c(ccc6ccc7nc(-c8ccccc8)c(-c8ccccc8)nc7c65)c4)cc3)c3ccc4ccccc4c3)cc2)cc1. The van der Waals surface area contributed by atoms with E-state index in [-0.39, 0.29) is 0 Å². The van der Waals surface area contributed by atoms with Crippen LogP contribution in [-0.4, -0.2) is 9.97 Å². The van der Waals surface area contributed by atoms with Gasteiger partial charge in [0.2, 0.25) is 0 Å². The van der Waals surface area contributed by atoms with E-state index in [1.807, 2.05) is 12.1 Å². The number of hydrogen-bond donors (Lipinski definition) is 0. The fraction of sp³-hybridized carbons (Fsp3) is 0.